The fourth-order valence-electron chi connectivity index (χ4n) is 0.899. The van der Waals surface area contributed by atoms with Crippen molar-refractivity contribution in [2.45, 2.75) is 12.3 Å². The van der Waals surface area contributed by atoms with Crippen LogP contribution in [0.1, 0.15) is 22.2 Å². The van der Waals surface area contributed by atoms with Crippen LogP contribution in [0.25, 0.3) is 0 Å². The van der Waals surface area contributed by atoms with Gasteiger partial charge in [-0.15, -0.1) is 0 Å². The third-order valence-corrected chi connectivity index (χ3v) is 1.62. The van der Waals surface area contributed by atoms with Crippen LogP contribution < -0.4 is 0 Å². The number of hydrogen-bond acceptors (Lipinski definition) is 3. The predicted octanol–water partition coefficient (Wildman–Crippen LogP) is 1.38. The fourth-order valence-corrected chi connectivity index (χ4v) is 0.899. The lowest BCUT2D eigenvalue weighted by Crippen LogP contribution is -2.21. The number of aromatic carboxylic acids is 1. The minimum atomic E-state index is -4.86. The van der Waals surface area contributed by atoms with Crippen molar-refractivity contribution >= 4 is 5.97 Å². The first-order chi connectivity index (χ1) is 6.82. The van der Waals surface area contributed by atoms with E-state index in [9.17, 15) is 18.0 Å². The number of carboxylic acid groups (broad SMARTS) is 1. The van der Waals surface area contributed by atoms with Crippen LogP contribution in [0.15, 0.2) is 18.3 Å². The summed E-state index contributed by atoms with van der Waals surface area (Å²) in [6, 6.07) is 1.72. The van der Waals surface area contributed by atoms with Crippen LogP contribution in [0.2, 0.25) is 0 Å². The largest absolute Gasteiger partial charge is 0.478 e. The zero-order valence-electron chi connectivity index (χ0n) is 7.19. The Hall–Kier alpha value is -1.63. The first-order valence-electron chi connectivity index (χ1n) is 3.76. The lowest BCUT2D eigenvalue weighted by atomic mass is 10.1. The molecule has 1 heterocycles. The lowest BCUT2D eigenvalue weighted by Gasteiger charge is -2.13. The third-order valence-electron chi connectivity index (χ3n) is 1.62. The molecule has 1 unspecified atom stereocenters. The molecule has 1 aromatic rings. The molecule has 0 saturated carbocycles. The molecule has 4 nitrogen and oxygen atoms in total. The summed E-state index contributed by atoms with van der Waals surface area (Å²) < 4.78 is 36.1. The highest BCUT2D eigenvalue weighted by molar-refractivity contribution is 5.87. The van der Waals surface area contributed by atoms with Gasteiger partial charge in [-0.1, -0.05) is 0 Å². The van der Waals surface area contributed by atoms with Gasteiger partial charge in [0, 0.05) is 6.20 Å². The van der Waals surface area contributed by atoms with Gasteiger partial charge in [0.05, 0.1) is 11.3 Å². The maximum atomic E-state index is 12.0. The summed E-state index contributed by atoms with van der Waals surface area (Å²) in [7, 11) is 0. The number of carboxylic acids is 1. The van der Waals surface area contributed by atoms with Crippen LogP contribution in [-0.4, -0.2) is 27.3 Å². The number of aromatic nitrogens is 1. The van der Waals surface area contributed by atoms with Crippen LogP contribution >= 0.6 is 0 Å². The van der Waals surface area contributed by atoms with Crippen molar-refractivity contribution in [1.82, 2.24) is 4.98 Å². The Bertz CT molecular complexity index is 378. The smallest absolute Gasteiger partial charge is 0.420 e. The normalized spacial score (nSPS) is 13.6. The molecule has 0 aliphatic rings. The van der Waals surface area contributed by atoms with Gasteiger partial charge in [-0.25, -0.2) is 4.79 Å². The van der Waals surface area contributed by atoms with Crippen molar-refractivity contribution in [3.05, 3.63) is 29.6 Å². The second-order valence-electron chi connectivity index (χ2n) is 2.72. The molecule has 82 valence electrons. The van der Waals surface area contributed by atoms with E-state index in [0.717, 1.165) is 12.3 Å². The Morgan fingerprint density at radius 3 is 2.53 bits per heavy atom. The molecule has 15 heavy (non-hydrogen) atoms. The van der Waals surface area contributed by atoms with Gasteiger partial charge in [0.2, 0.25) is 0 Å². The van der Waals surface area contributed by atoms with Crippen LogP contribution in [0.5, 0.6) is 0 Å². The van der Waals surface area contributed by atoms with E-state index in [1.807, 2.05) is 0 Å². The van der Waals surface area contributed by atoms with Crippen molar-refractivity contribution in [2.24, 2.45) is 0 Å². The molecule has 0 bridgehead atoms. The number of aliphatic hydroxyl groups is 1. The molecule has 0 aliphatic carbocycles. The van der Waals surface area contributed by atoms with Gasteiger partial charge in [0.25, 0.3) is 0 Å². The number of alkyl halides is 3. The molecular weight excluding hydrogens is 215 g/mol. The van der Waals surface area contributed by atoms with Crippen LogP contribution in [0, 0.1) is 0 Å². The molecule has 0 aromatic carbocycles. The zero-order chi connectivity index (χ0) is 11.6. The summed E-state index contributed by atoms with van der Waals surface area (Å²) >= 11 is 0. The molecule has 1 aromatic heterocycles. The molecule has 0 saturated heterocycles. The van der Waals surface area contributed by atoms with Crippen molar-refractivity contribution in [3.63, 3.8) is 0 Å². The molecule has 7 heteroatoms. The van der Waals surface area contributed by atoms with E-state index in [-0.39, 0.29) is 5.56 Å². The van der Waals surface area contributed by atoms with Gasteiger partial charge >= 0.3 is 12.1 Å². The molecule has 0 fully saturated rings. The number of nitrogens with zero attached hydrogens (tertiary/aromatic N) is 1. The summed E-state index contributed by atoms with van der Waals surface area (Å²) in [6.45, 7) is 0. The molecule has 1 rings (SSSR count). The minimum absolute atomic E-state index is 0.358. The average Bonchev–Trinajstić information content (AvgIpc) is 2.15. The van der Waals surface area contributed by atoms with Crippen LogP contribution in [0.3, 0.4) is 0 Å². The standard InChI is InChI=1S/C8H6F3NO3/c9-8(10,11)6(13)5-3-4(7(14)15)1-2-12-5/h1-3,6,13H,(H,14,15). The zero-order valence-corrected chi connectivity index (χ0v) is 7.19. The summed E-state index contributed by atoms with van der Waals surface area (Å²) in [5.74, 6) is -1.38. The highest BCUT2D eigenvalue weighted by Crippen LogP contribution is 2.31. The Kier molecular flexibility index (Phi) is 2.94. The number of pyridine rings is 1. The van der Waals surface area contributed by atoms with E-state index in [0.29, 0.717) is 6.07 Å². The molecule has 0 radical (unpaired) electrons. The summed E-state index contributed by atoms with van der Waals surface area (Å²) in [6.07, 6.45) is -6.73. The van der Waals surface area contributed by atoms with E-state index < -0.39 is 23.9 Å². The summed E-state index contributed by atoms with van der Waals surface area (Å²) in [4.78, 5) is 13.7. The van der Waals surface area contributed by atoms with Crippen LogP contribution in [-0.2, 0) is 0 Å². The number of hydrogen-bond donors (Lipinski definition) is 2. The molecule has 0 amide bonds. The van der Waals surface area contributed by atoms with Crippen molar-refractivity contribution < 1.29 is 28.2 Å². The van der Waals surface area contributed by atoms with Gasteiger partial charge in [-0.05, 0) is 12.1 Å². The average molecular weight is 221 g/mol. The quantitative estimate of drug-likeness (QED) is 0.791. The Morgan fingerprint density at radius 2 is 2.07 bits per heavy atom. The van der Waals surface area contributed by atoms with Crippen molar-refractivity contribution in [3.8, 4) is 0 Å². The SMILES string of the molecule is O=C(O)c1ccnc(C(O)C(F)(F)F)c1. The fraction of sp³-hybridized carbons (Fsp3) is 0.250. The topological polar surface area (TPSA) is 70.4 Å². The predicted molar refractivity (Wildman–Crippen MR) is 42.2 cm³/mol. The molecular formula is C8H6F3NO3. The molecule has 0 spiro atoms. The highest BCUT2D eigenvalue weighted by Gasteiger charge is 2.40. The highest BCUT2D eigenvalue weighted by atomic mass is 19.4. The monoisotopic (exact) mass is 221 g/mol. The Morgan fingerprint density at radius 1 is 1.47 bits per heavy atom. The number of halogens is 3. The second kappa shape index (κ2) is 3.85. The number of rotatable bonds is 2. The van der Waals surface area contributed by atoms with E-state index in [1.54, 1.807) is 0 Å². The van der Waals surface area contributed by atoms with Gasteiger partial charge < -0.3 is 10.2 Å². The van der Waals surface area contributed by atoms with Gasteiger partial charge in [0.15, 0.2) is 6.10 Å². The van der Waals surface area contributed by atoms with E-state index >= 15 is 0 Å². The van der Waals surface area contributed by atoms with Gasteiger partial charge in [-0.2, -0.15) is 13.2 Å². The van der Waals surface area contributed by atoms with Gasteiger partial charge in [-0.3, -0.25) is 4.98 Å². The lowest BCUT2D eigenvalue weighted by molar-refractivity contribution is -0.207. The second-order valence-corrected chi connectivity index (χ2v) is 2.72. The molecule has 1 atom stereocenters. The Balaban J connectivity index is 3.06. The first kappa shape index (κ1) is 11.4. The third kappa shape index (κ3) is 2.66. The summed E-state index contributed by atoms with van der Waals surface area (Å²) in [5, 5.41) is 17.3. The Labute approximate surface area is 82.0 Å². The van der Waals surface area contributed by atoms with Crippen molar-refractivity contribution in [1.29, 1.82) is 0 Å². The van der Waals surface area contributed by atoms with Crippen LogP contribution in [0.4, 0.5) is 13.2 Å². The van der Waals surface area contributed by atoms with E-state index in [2.05, 4.69) is 4.98 Å². The maximum absolute atomic E-state index is 12.0. The number of aliphatic hydroxyl groups excluding tert-OH is 1. The molecule has 0 aliphatic heterocycles. The van der Waals surface area contributed by atoms with Crippen molar-refractivity contribution in [2.75, 3.05) is 0 Å². The minimum Gasteiger partial charge on any atom is -0.478 e. The maximum Gasteiger partial charge on any atom is 0.420 e. The van der Waals surface area contributed by atoms with Gasteiger partial charge in [0.1, 0.15) is 0 Å². The molecule has 2 N–H and O–H groups in total. The first-order valence-corrected chi connectivity index (χ1v) is 3.76. The number of carbonyl (C=O) groups is 1. The summed E-state index contributed by atoms with van der Waals surface area (Å²) in [5.41, 5.74) is -1.09. The van der Waals surface area contributed by atoms with E-state index in [1.165, 1.54) is 0 Å². The van der Waals surface area contributed by atoms with E-state index in [4.69, 9.17) is 10.2 Å².